The molecule has 17 heavy (non-hydrogen) atoms. The van der Waals surface area contributed by atoms with Crippen LogP contribution in [0.4, 0.5) is 15.8 Å². The minimum absolute atomic E-state index is 0.0382. The van der Waals surface area contributed by atoms with Gasteiger partial charge in [0.15, 0.2) is 0 Å². The first-order valence-electron chi connectivity index (χ1n) is 4.87. The summed E-state index contributed by atoms with van der Waals surface area (Å²) in [4.78, 5) is 9.81. The molecule has 0 bridgehead atoms. The summed E-state index contributed by atoms with van der Waals surface area (Å²) in [7, 11) is 0. The van der Waals surface area contributed by atoms with Crippen LogP contribution >= 0.6 is 0 Å². The van der Waals surface area contributed by atoms with Crippen molar-refractivity contribution in [1.82, 2.24) is 0 Å². The van der Waals surface area contributed by atoms with Crippen molar-refractivity contribution < 1.29 is 19.5 Å². The molecule has 7 heteroatoms. The molecule has 6 nitrogen and oxygen atoms in total. The zero-order valence-electron chi connectivity index (χ0n) is 9.18. The lowest BCUT2D eigenvalue weighted by Crippen LogP contribution is -2.37. The van der Waals surface area contributed by atoms with Crippen molar-refractivity contribution in [3.8, 4) is 0 Å². The fourth-order valence-corrected chi connectivity index (χ4v) is 1.19. The van der Waals surface area contributed by atoms with E-state index in [9.17, 15) is 19.6 Å². The lowest BCUT2D eigenvalue weighted by molar-refractivity contribution is -0.386. The number of rotatable bonds is 5. The molecule has 0 fully saturated rings. The lowest BCUT2D eigenvalue weighted by Gasteiger charge is -2.21. The molecule has 1 aromatic rings. The number of anilines is 1. The van der Waals surface area contributed by atoms with E-state index in [0.717, 1.165) is 6.07 Å². The molecule has 1 rings (SSSR count). The highest BCUT2D eigenvalue weighted by molar-refractivity contribution is 5.62. The smallest absolute Gasteiger partial charge is 0.327 e. The van der Waals surface area contributed by atoms with Gasteiger partial charge in [0.25, 0.3) is 0 Å². The van der Waals surface area contributed by atoms with Gasteiger partial charge in [-0.05, 0) is 19.1 Å². The molecule has 1 aromatic carbocycles. The van der Waals surface area contributed by atoms with Crippen molar-refractivity contribution in [2.45, 2.75) is 12.5 Å². The summed E-state index contributed by atoms with van der Waals surface area (Å²) in [5, 5.41) is 31.5. The van der Waals surface area contributed by atoms with E-state index in [1.807, 2.05) is 0 Å². The van der Waals surface area contributed by atoms with Crippen LogP contribution in [-0.2, 0) is 0 Å². The highest BCUT2D eigenvalue weighted by Gasteiger charge is 2.23. The first-order chi connectivity index (χ1) is 7.87. The van der Waals surface area contributed by atoms with Gasteiger partial charge in [0.1, 0.15) is 11.3 Å². The molecule has 0 amide bonds. The summed E-state index contributed by atoms with van der Waals surface area (Å²) >= 11 is 0. The average molecular weight is 244 g/mol. The molecular weight excluding hydrogens is 231 g/mol. The van der Waals surface area contributed by atoms with Gasteiger partial charge in [-0.2, -0.15) is 4.39 Å². The van der Waals surface area contributed by atoms with Gasteiger partial charge in [-0.1, -0.05) is 6.07 Å². The molecule has 0 aromatic heterocycles. The van der Waals surface area contributed by atoms with Crippen LogP contribution in [0.5, 0.6) is 0 Å². The maximum absolute atomic E-state index is 13.2. The fraction of sp³-hybridized carbons (Fsp3) is 0.400. The van der Waals surface area contributed by atoms with Crippen LogP contribution < -0.4 is 5.32 Å². The van der Waals surface area contributed by atoms with Gasteiger partial charge in [0, 0.05) is 6.54 Å². The zero-order valence-corrected chi connectivity index (χ0v) is 9.18. The van der Waals surface area contributed by atoms with Gasteiger partial charge >= 0.3 is 5.69 Å². The molecule has 0 aliphatic heterocycles. The molecule has 1 unspecified atom stereocenters. The van der Waals surface area contributed by atoms with Crippen molar-refractivity contribution in [3.63, 3.8) is 0 Å². The van der Waals surface area contributed by atoms with Crippen molar-refractivity contribution in [2.75, 3.05) is 18.5 Å². The molecule has 0 aliphatic carbocycles. The normalized spacial score (nSPS) is 14.1. The van der Waals surface area contributed by atoms with Crippen molar-refractivity contribution in [1.29, 1.82) is 0 Å². The number of halogens is 1. The number of nitro groups is 1. The van der Waals surface area contributed by atoms with Crippen LogP contribution in [0.2, 0.25) is 0 Å². The van der Waals surface area contributed by atoms with E-state index in [1.165, 1.54) is 19.1 Å². The highest BCUT2D eigenvalue weighted by atomic mass is 19.1. The van der Waals surface area contributed by atoms with E-state index in [1.54, 1.807) is 0 Å². The summed E-state index contributed by atoms with van der Waals surface area (Å²) in [6.45, 7) is 0.710. The number of para-hydroxylation sites is 1. The number of nitrogens with zero attached hydrogens (tertiary/aromatic N) is 1. The highest BCUT2D eigenvalue weighted by Crippen LogP contribution is 2.27. The minimum Gasteiger partial charge on any atom is -0.393 e. The summed E-state index contributed by atoms with van der Waals surface area (Å²) in [5.74, 6) is -0.955. The van der Waals surface area contributed by atoms with Crippen LogP contribution in [0.1, 0.15) is 6.92 Å². The van der Waals surface area contributed by atoms with E-state index in [2.05, 4.69) is 5.32 Å². The maximum Gasteiger partial charge on any atom is 0.327 e. The van der Waals surface area contributed by atoms with Gasteiger partial charge in [0.05, 0.1) is 11.5 Å². The fourth-order valence-electron chi connectivity index (χ4n) is 1.19. The largest absolute Gasteiger partial charge is 0.393 e. The predicted molar refractivity (Wildman–Crippen MR) is 59.3 cm³/mol. The van der Waals surface area contributed by atoms with Gasteiger partial charge in [-0.3, -0.25) is 10.1 Å². The van der Waals surface area contributed by atoms with Gasteiger partial charge in [-0.25, -0.2) is 0 Å². The third kappa shape index (κ3) is 3.36. The third-order valence-corrected chi connectivity index (χ3v) is 2.17. The summed E-state index contributed by atoms with van der Waals surface area (Å²) < 4.78 is 13.2. The zero-order chi connectivity index (χ0) is 13.1. The molecule has 94 valence electrons. The Morgan fingerprint density at radius 3 is 2.76 bits per heavy atom. The number of aliphatic hydroxyl groups excluding tert-OH is 1. The standard InChI is InChI=1S/C10H13FN2O4/c1-10(15,6-14)5-12-8-4-2-3-7(11)9(8)13(16)17/h2-4,12,14-15H,5-6H2,1H3. The Bertz CT molecular complexity index is 423. The summed E-state index contributed by atoms with van der Waals surface area (Å²) in [6.07, 6.45) is 0. The van der Waals surface area contributed by atoms with Gasteiger partial charge in [-0.15, -0.1) is 0 Å². The maximum atomic E-state index is 13.2. The van der Waals surface area contributed by atoms with Crippen LogP contribution in [0, 0.1) is 15.9 Å². The van der Waals surface area contributed by atoms with E-state index in [4.69, 9.17) is 5.11 Å². The first kappa shape index (κ1) is 13.3. The SMILES string of the molecule is CC(O)(CO)CNc1cccc(F)c1[N+](=O)[O-]. The second kappa shape index (κ2) is 5.07. The molecule has 0 saturated carbocycles. The average Bonchev–Trinajstić information content (AvgIpc) is 2.26. The van der Waals surface area contributed by atoms with E-state index >= 15 is 0 Å². The van der Waals surface area contributed by atoms with Crippen molar-refractivity contribution in [3.05, 3.63) is 34.1 Å². The molecule has 0 aliphatic rings. The molecular formula is C10H13FN2O4. The first-order valence-corrected chi connectivity index (χ1v) is 4.87. The Kier molecular flexibility index (Phi) is 3.97. The van der Waals surface area contributed by atoms with Crippen LogP contribution in [0.3, 0.4) is 0 Å². The number of aliphatic hydroxyl groups is 2. The number of nitrogens with one attached hydrogen (secondary N) is 1. The topological polar surface area (TPSA) is 95.6 Å². The number of hydrogen-bond acceptors (Lipinski definition) is 5. The minimum atomic E-state index is -1.43. The molecule has 0 radical (unpaired) electrons. The number of benzene rings is 1. The van der Waals surface area contributed by atoms with Gasteiger partial charge in [0.2, 0.25) is 5.82 Å². The Hall–Kier alpha value is -1.73. The Labute approximate surface area is 96.8 Å². The second-order valence-electron chi connectivity index (χ2n) is 3.90. The Morgan fingerprint density at radius 1 is 1.59 bits per heavy atom. The van der Waals surface area contributed by atoms with E-state index in [0.29, 0.717) is 0 Å². The van der Waals surface area contributed by atoms with Crippen LogP contribution in [-0.4, -0.2) is 33.9 Å². The quantitative estimate of drug-likeness (QED) is 0.528. The monoisotopic (exact) mass is 244 g/mol. The molecule has 0 heterocycles. The van der Waals surface area contributed by atoms with Crippen LogP contribution in [0.25, 0.3) is 0 Å². The van der Waals surface area contributed by atoms with Crippen molar-refractivity contribution in [2.24, 2.45) is 0 Å². The predicted octanol–water partition coefficient (Wildman–Crippen LogP) is 0.889. The molecule has 1 atom stereocenters. The Morgan fingerprint density at radius 2 is 2.24 bits per heavy atom. The molecule has 0 spiro atoms. The number of hydrogen-bond donors (Lipinski definition) is 3. The lowest BCUT2D eigenvalue weighted by atomic mass is 10.1. The van der Waals surface area contributed by atoms with Crippen LogP contribution in [0.15, 0.2) is 18.2 Å². The van der Waals surface area contributed by atoms with E-state index < -0.39 is 28.6 Å². The number of nitro benzene ring substituents is 1. The van der Waals surface area contributed by atoms with E-state index in [-0.39, 0.29) is 12.2 Å². The molecule has 3 N–H and O–H groups in total. The van der Waals surface area contributed by atoms with Crippen molar-refractivity contribution >= 4 is 11.4 Å². The second-order valence-corrected chi connectivity index (χ2v) is 3.90. The Balaban J connectivity index is 2.92. The third-order valence-electron chi connectivity index (χ3n) is 2.17. The summed E-state index contributed by atoms with van der Waals surface area (Å²) in [6, 6.07) is 3.63. The molecule has 0 saturated heterocycles. The van der Waals surface area contributed by atoms with Gasteiger partial charge < -0.3 is 15.5 Å². The summed E-state index contributed by atoms with van der Waals surface area (Å²) in [5.41, 5.74) is -2.15.